The highest BCUT2D eigenvalue weighted by Gasteiger charge is 2.00. The molecule has 0 bridgehead atoms. The summed E-state index contributed by atoms with van der Waals surface area (Å²) >= 11 is 0. The molecular formula is C13H17N3O. The van der Waals surface area contributed by atoms with Crippen LogP contribution in [0.5, 0.6) is 5.75 Å². The normalized spacial score (nSPS) is 10.5. The van der Waals surface area contributed by atoms with E-state index in [1.54, 1.807) is 13.3 Å². The number of nitrogens with zero attached hydrogens (tertiary/aromatic N) is 2. The SMILES string of the molecule is COc1ccc(CCn2ccnc2CN)cc1. The molecule has 90 valence electrons. The molecule has 4 heteroatoms. The summed E-state index contributed by atoms with van der Waals surface area (Å²) in [5, 5.41) is 0. The van der Waals surface area contributed by atoms with Crippen LogP contribution in [0.4, 0.5) is 0 Å². The van der Waals surface area contributed by atoms with Crippen LogP contribution in [-0.2, 0) is 19.5 Å². The average molecular weight is 231 g/mol. The van der Waals surface area contributed by atoms with Crippen molar-refractivity contribution in [1.82, 2.24) is 9.55 Å². The first-order valence-corrected chi connectivity index (χ1v) is 5.66. The van der Waals surface area contributed by atoms with Crippen molar-refractivity contribution >= 4 is 0 Å². The van der Waals surface area contributed by atoms with Crippen LogP contribution in [0.2, 0.25) is 0 Å². The fourth-order valence-electron chi connectivity index (χ4n) is 1.78. The zero-order chi connectivity index (χ0) is 12.1. The van der Waals surface area contributed by atoms with Gasteiger partial charge in [0.05, 0.1) is 13.7 Å². The molecule has 0 aliphatic rings. The lowest BCUT2D eigenvalue weighted by Crippen LogP contribution is -2.09. The number of aromatic nitrogens is 2. The Morgan fingerprint density at radius 2 is 2.06 bits per heavy atom. The van der Waals surface area contributed by atoms with Gasteiger partial charge in [-0.1, -0.05) is 12.1 Å². The van der Waals surface area contributed by atoms with Gasteiger partial charge in [0.15, 0.2) is 0 Å². The van der Waals surface area contributed by atoms with Gasteiger partial charge in [0.25, 0.3) is 0 Å². The van der Waals surface area contributed by atoms with Crippen molar-refractivity contribution in [2.75, 3.05) is 7.11 Å². The van der Waals surface area contributed by atoms with Crippen molar-refractivity contribution in [1.29, 1.82) is 0 Å². The minimum Gasteiger partial charge on any atom is -0.497 e. The van der Waals surface area contributed by atoms with E-state index < -0.39 is 0 Å². The third-order valence-corrected chi connectivity index (χ3v) is 2.78. The second-order valence-corrected chi connectivity index (χ2v) is 3.84. The highest BCUT2D eigenvalue weighted by Crippen LogP contribution is 2.12. The predicted molar refractivity (Wildman–Crippen MR) is 66.8 cm³/mol. The fraction of sp³-hybridized carbons (Fsp3) is 0.308. The van der Waals surface area contributed by atoms with Crippen LogP contribution in [0.15, 0.2) is 36.7 Å². The molecule has 0 aliphatic heterocycles. The summed E-state index contributed by atoms with van der Waals surface area (Å²) in [6, 6.07) is 8.12. The van der Waals surface area contributed by atoms with Crippen LogP contribution in [0, 0.1) is 0 Å². The summed E-state index contributed by atoms with van der Waals surface area (Å²) in [5.41, 5.74) is 6.88. The molecule has 1 heterocycles. The number of hydrogen-bond donors (Lipinski definition) is 1. The highest BCUT2D eigenvalue weighted by atomic mass is 16.5. The van der Waals surface area contributed by atoms with Gasteiger partial charge in [-0.15, -0.1) is 0 Å². The minimum absolute atomic E-state index is 0.482. The molecule has 17 heavy (non-hydrogen) atoms. The monoisotopic (exact) mass is 231 g/mol. The first kappa shape index (κ1) is 11.7. The fourth-order valence-corrected chi connectivity index (χ4v) is 1.78. The number of ether oxygens (including phenoxy) is 1. The predicted octanol–water partition coefficient (Wildman–Crippen LogP) is 1.59. The highest BCUT2D eigenvalue weighted by molar-refractivity contribution is 5.27. The Hall–Kier alpha value is -1.81. The van der Waals surface area contributed by atoms with Crippen molar-refractivity contribution in [2.24, 2.45) is 5.73 Å². The Labute approximate surface area is 101 Å². The molecule has 1 aromatic carbocycles. The van der Waals surface area contributed by atoms with Crippen LogP contribution in [0.1, 0.15) is 11.4 Å². The first-order chi connectivity index (χ1) is 8.33. The number of methoxy groups -OCH3 is 1. The maximum absolute atomic E-state index is 5.60. The van der Waals surface area contributed by atoms with Crippen molar-refractivity contribution in [3.05, 3.63) is 48.0 Å². The number of benzene rings is 1. The Balaban J connectivity index is 1.97. The van der Waals surface area contributed by atoms with Gasteiger partial charge in [-0.05, 0) is 24.1 Å². The van der Waals surface area contributed by atoms with Crippen molar-refractivity contribution in [3.63, 3.8) is 0 Å². The molecule has 0 fully saturated rings. The Morgan fingerprint density at radius 1 is 1.29 bits per heavy atom. The zero-order valence-corrected chi connectivity index (χ0v) is 9.97. The summed E-state index contributed by atoms with van der Waals surface area (Å²) in [5.74, 6) is 1.82. The van der Waals surface area contributed by atoms with E-state index in [0.717, 1.165) is 24.5 Å². The lowest BCUT2D eigenvalue weighted by atomic mass is 10.1. The molecule has 2 N–H and O–H groups in total. The molecule has 1 aromatic heterocycles. The van der Waals surface area contributed by atoms with Gasteiger partial charge in [-0.2, -0.15) is 0 Å². The molecule has 4 nitrogen and oxygen atoms in total. The van der Waals surface area contributed by atoms with Crippen molar-refractivity contribution < 1.29 is 4.74 Å². The maximum Gasteiger partial charge on any atom is 0.122 e. The van der Waals surface area contributed by atoms with E-state index in [4.69, 9.17) is 10.5 Å². The number of aryl methyl sites for hydroxylation is 2. The quantitative estimate of drug-likeness (QED) is 0.850. The van der Waals surface area contributed by atoms with E-state index in [-0.39, 0.29) is 0 Å². The lowest BCUT2D eigenvalue weighted by Gasteiger charge is -2.07. The second kappa shape index (κ2) is 5.50. The molecule has 0 radical (unpaired) electrons. The van der Waals surface area contributed by atoms with Crippen LogP contribution >= 0.6 is 0 Å². The van der Waals surface area contributed by atoms with Crippen LogP contribution in [-0.4, -0.2) is 16.7 Å². The number of nitrogens with two attached hydrogens (primary N) is 1. The van der Waals surface area contributed by atoms with Gasteiger partial charge < -0.3 is 15.0 Å². The molecule has 0 saturated heterocycles. The summed E-state index contributed by atoms with van der Waals surface area (Å²) in [4.78, 5) is 4.19. The van der Waals surface area contributed by atoms with Gasteiger partial charge in [0.1, 0.15) is 11.6 Å². The van der Waals surface area contributed by atoms with E-state index in [1.807, 2.05) is 18.3 Å². The van der Waals surface area contributed by atoms with Crippen LogP contribution in [0.3, 0.4) is 0 Å². The van der Waals surface area contributed by atoms with Gasteiger partial charge in [0.2, 0.25) is 0 Å². The molecule has 0 unspecified atom stereocenters. The summed E-state index contributed by atoms with van der Waals surface area (Å²) in [6.45, 7) is 1.38. The number of rotatable bonds is 5. The topological polar surface area (TPSA) is 53.1 Å². The Kier molecular flexibility index (Phi) is 3.77. The smallest absolute Gasteiger partial charge is 0.122 e. The van der Waals surface area contributed by atoms with Crippen molar-refractivity contribution in [3.8, 4) is 5.75 Å². The summed E-state index contributed by atoms with van der Waals surface area (Å²) < 4.78 is 7.21. The zero-order valence-electron chi connectivity index (χ0n) is 9.97. The molecule has 0 aliphatic carbocycles. The van der Waals surface area contributed by atoms with Crippen molar-refractivity contribution in [2.45, 2.75) is 19.5 Å². The summed E-state index contributed by atoms with van der Waals surface area (Å²) in [6.07, 6.45) is 4.72. The lowest BCUT2D eigenvalue weighted by molar-refractivity contribution is 0.414. The van der Waals surface area contributed by atoms with Gasteiger partial charge in [-0.3, -0.25) is 0 Å². The van der Waals surface area contributed by atoms with Crippen LogP contribution in [0.25, 0.3) is 0 Å². The minimum atomic E-state index is 0.482. The van der Waals surface area contributed by atoms with E-state index in [1.165, 1.54) is 5.56 Å². The van der Waals surface area contributed by atoms with Gasteiger partial charge in [0, 0.05) is 18.9 Å². The molecule has 0 amide bonds. The largest absolute Gasteiger partial charge is 0.497 e. The van der Waals surface area contributed by atoms with E-state index in [9.17, 15) is 0 Å². The molecule has 0 atom stereocenters. The Bertz CT molecular complexity index is 462. The molecule has 2 aromatic rings. The third-order valence-electron chi connectivity index (χ3n) is 2.78. The van der Waals surface area contributed by atoms with E-state index in [0.29, 0.717) is 6.54 Å². The van der Waals surface area contributed by atoms with Gasteiger partial charge >= 0.3 is 0 Å². The van der Waals surface area contributed by atoms with E-state index in [2.05, 4.69) is 21.7 Å². The number of hydrogen-bond acceptors (Lipinski definition) is 3. The van der Waals surface area contributed by atoms with Crippen LogP contribution < -0.4 is 10.5 Å². The standard InChI is InChI=1S/C13H17N3O/c1-17-12-4-2-11(3-5-12)6-8-16-9-7-15-13(16)10-14/h2-5,7,9H,6,8,10,14H2,1H3. The summed E-state index contributed by atoms with van der Waals surface area (Å²) in [7, 11) is 1.67. The third kappa shape index (κ3) is 2.85. The first-order valence-electron chi connectivity index (χ1n) is 5.66. The second-order valence-electron chi connectivity index (χ2n) is 3.84. The van der Waals surface area contributed by atoms with E-state index >= 15 is 0 Å². The van der Waals surface area contributed by atoms with Gasteiger partial charge in [-0.25, -0.2) is 4.98 Å². The maximum atomic E-state index is 5.60. The molecule has 0 saturated carbocycles. The number of imidazole rings is 1. The molecule has 2 rings (SSSR count). The Morgan fingerprint density at radius 3 is 2.71 bits per heavy atom. The molecule has 0 spiro atoms. The molecular weight excluding hydrogens is 214 g/mol. The average Bonchev–Trinajstić information content (AvgIpc) is 2.84.